The number of nitrogens with two attached hydrogens (primary N) is 1. The van der Waals surface area contributed by atoms with E-state index >= 15 is 0 Å². The van der Waals surface area contributed by atoms with Crippen molar-refractivity contribution in [3.63, 3.8) is 0 Å². The molecule has 0 spiro atoms. The van der Waals surface area contributed by atoms with Crippen LogP contribution in [0.4, 0.5) is 0 Å². The van der Waals surface area contributed by atoms with Gasteiger partial charge in [0.05, 0.1) is 17.4 Å². The van der Waals surface area contributed by atoms with Gasteiger partial charge in [0.2, 0.25) is 0 Å². The minimum Gasteiger partial charge on any atom is -0.320 e. The van der Waals surface area contributed by atoms with Crippen LogP contribution in [0, 0.1) is 13.8 Å². The Labute approximate surface area is 106 Å². The van der Waals surface area contributed by atoms with Crippen LogP contribution in [-0.2, 0) is 0 Å². The maximum atomic E-state index is 6.23. The fourth-order valence-corrected chi connectivity index (χ4v) is 2.03. The van der Waals surface area contributed by atoms with Crippen molar-refractivity contribution in [2.75, 3.05) is 0 Å². The van der Waals surface area contributed by atoms with E-state index < -0.39 is 0 Å². The van der Waals surface area contributed by atoms with Gasteiger partial charge in [0, 0.05) is 5.02 Å². The number of aryl methyl sites for hydroxylation is 2. The highest BCUT2D eigenvalue weighted by Crippen LogP contribution is 2.27. The largest absolute Gasteiger partial charge is 0.320 e. The van der Waals surface area contributed by atoms with Crippen LogP contribution in [0.2, 0.25) is 5.02 Å². The molecule has 2 N–H and O–H groups in total. The summed E-state index contributed by atoms with van der Waals surface area (Å²) in [5.41, 5.74) is 9.80. The van der Waals surface area contributed by atoms with Gasteiger partial charge in [0.1, 0.15) is 0 Å². The van der Waals surface area contributed by atoms with Crippen molar-refractivity contribution >= 4 is 11.6 Å². The molecule has 2 aromatic rings. The fraction of sp³-hybridized carbons (Fsp3) is 0.231. The molecule has 0 fully saturated rings. The monoisotopic (exact) mass is 247 g/mol. The van der Waals surface area contributed by atoms with Crippen molar-refractivity contribution in [3.05, 3.63) is 57.9 Å². The Morgan fingerprint density at radius 1 is 1.12 bits per heavy atom. The van der Waals surface area contributed by atoms with Crippen LogP contribution in [0.15, 0.2) is 30.3 Å². The topological polar surface area (TPSA) is 51.8 Å². The number of halogens is 1. The zero-order valence-corrected chi connectivity index (χ0v) is 10.6. The lowest BCUT2D eigenvalue weighted by Crippen LogP contribution is -2.15. The Morgan fingerprint density at radius 3 is 2.53 bits per heavy atom. The van der Waals surface area contributed by atoms with Crippen LogP contribution in [0.1, 0.15) is 28.6 Å². The molecule has 17 heavy (non-hydrogen) atoms. The van der Waals surface area contributed by atoms with Gasteiger partial charge in [-0.25, -0.2) is 0 Å². The molecule has 1 atom stereocenters. The highest BCUT2D eigenvalue weighted by atomic mass is 35.5. The number of benzene rings is 1. The van der Waals surface area contributed by atoms with Crippen molar-refractivity contribution in [1.82, 2.24) is 10.2 Å². The maximum Gasteiger partial charge on any atom is 0.0651 e. The lowest BCUT2D eigenvalue weighted by atomic mass is 9.98. The maximum absolute atomic E-state index is 6.23. The molecule has 1 aromatic carbocycles. The van der Waals surface area contributed by atoms with Crippen molar-refractivity contribution in [2.45, 2.75) is 19.9 Å². The number of hydrogen-bond acceptors (Lipinski definition) is 3. The van der Waals surface area contributed by atoms with Crippen LogP contribution in [0.5, 0.6) is 0 Å². The Morgan fingerprint density at radius 2 is 1.82 bits per heavy atom. The van der Waals surface area contributed by atoms with Crippen LogP contribution in [-0.4, -0.2) is 10.2 Å². The van der Waals surface area contributed by atoms with E-state index in [-0.39, 0.29) is 6.04 Å². The summed E-state index contributed by atoms with van der Waals surface area (Å²) in [5.74, 6) is 0. The average molecular weight is 248 g/mol. The summed E-state index contributed by atoms with van der Waals surface area (Å²) in [7, 11) is 0. The van der Waals surface area contributed by atoms with E-state index in [4.69, 9.17) is 17.3 Å². The third-order valence-corrected chi connectivity index (χ3v) is 3.06. The molecular weight excluding hydrogens is 234 g/mol. The van der Waals surface area contributed by atoms with E-state index in [0.717, 1.165) is 22.5 Å². The van der Waals surface area contributed by atoms with Crippen molar-refractivity contribution in [2.24, 2.45) is 5.73 Å². The van der Waals surface area contributed by atoms with Crippen molar-refractivity contribution in [1.29, 1.82) is 0 Å². The Hall–Kier alpha value is -1.45. The first-order chi connectivity index (χ1) is 8.09. The van der Waals surface area contributed by atoms with Crippen LogP contribution in [0.25, 0.3) is 0 Å². The molecule has 3 nitrogen and oxygen atoms in total. The van der Waals surface area contributed by atoms with Crippen LogP contribution < -0.4 is 5.73 Å². The van der Waals surface area contributed by atoms with Gasteiger partial charge in [-0.05, 0) is 37.1 Å². The van der Waals surface area contributed by atoms with Crippen LogP contribution >= 0.6 is 11.6 Å². The molecule has 4 heteroatoms. The van der Waals surface area contributed by atoms with Gasteiger partial charge in [0.25, 0.3) is 0 Å². The zero-order valence-electron chi connectivity index (χ0n) is 9.81. The van der Waals surface area contributed by atoms with E-state index in [1.807, 2.05) is 44.2 Å². The normalized spacial score (nSPS) is 12.5. The van der Waals surface area contributed by atoms with Gasteiger partial charge in [-0.3, -0.25) is 0 Å². The molecule has 0 saturated carbocycles. The summed E-state index contributed by atoms with van der Waals surface area (Å²) < 4.78 is 0. The highest BCUT2D eigenvalue weighted by molar-refractivity contribution is 6.31. The summed E-state index contributed by atoms with van der Waals surface area (Å²) >= 11 is 6.15. The van der Waals surface area contributed by atoms with E-state index in [0.29, 0.717) is 5.02 Å². The molecule has 0 aliphatic heterocycles. The van der Waals surface area contributed by atoms with Gasteiger partial charge < -0.3 is 5.73 Å². The standard InChI is InChI=1S/C13H14ClN3/c1-8-7-11(9(2)17-16-8)13(15)10-5-3-4-6-12(10)14/h3-7,13H,15H2,1-2H3. The highest BCUT2D eigenvalue weighted by Gasteiger charge is 2.15. The predicted molar refractivity (Wildman–Crippen MR) is 69.0 cm³/mol. The molecule has 0 aliphatic rings. The van der Waals surface area contributed by atoms with Crippen LogP contribution in [0.3, 0.4) is 0 Å². The number of hydrogen-bond donors (Lipinski definition) is 1. The third-order valence-electron chi connectivity index (χ3n) is 2.72. The lowest BCUT2D eigenvalue weighted by Gasteiger charge is -2.15. The Bertz CT molecular complexity index is 540. The summed E-state index contributed by atoms with van der Waals surface area (Å²) in [5, 5.41) is 8.76. The third kappa shape index (κ3) is 2.46. The van der Waals surface area contributed by atoms with Gasteiger partial charge in [-0.1, -0.05) is 29.8 Å². The van der Waals surface area contributed by atoms with Crippen molar-refractivity contribution < 1.29 is 0 Å². The number of rotatable bonds is 2. The molecule has 0 saturated heterocycles. The predicted octanol–water partition coefficient (Wildman–Crippen LogP) is 2.79. The lowest BCUT2D eigenvalue weighted by molar-refractivity contribution is 0.813. The second-order valence-corrected chi connectivity index (χ2v) is 4.43. The van der Waals surface area contributed by atoms with E-state index in [2.05, 4.69) is 10.2 Å². The summed E-state index contributed by atoms with van der Waals surface area (Å²) in [6.07, 6.45) is 0. The molecule has 1 heterocycles. The van der Waals surface area contributed by atoms with Gasteiger partial charge in [-0.15, -0.1) is 0 Å². The quantitative estimate of drug-likeness (QED) is 0.888. The van der Waals surface area contributed by atoms with E-state index in [1.54, 1.807) is 0 Å². The fourth-order valence-electron chi connectivity index (χ4n) is 1.78. The first-order valence-corrected chi connectivity index (χ1v) is 5.78. The second-order valence-electron chi connectivity index (χ2n) is 4.03. The zero-order chi connectivity index (χ0) is 12.4. The molecular formula is C13H14ClN3. The smallest absolute Gasteiger partial charge is 0.0651 e. The summed E-state index contributed by atoms with van der Waals surface area (Å²) in [6, 6.07) is 9.28. The molecule has 0 amide bonds. The summed E-state index contributed by atoms with van der Waals surface area (Å²) in [4.78, 5) is 0. The van der Waals surface area contributed by atoms with E-state index in [1.165, 1.54) is 0 Å². The first-order valence-electron chi connectivity index (χ1n) is 5.40. The molecule has 2 rings (SSSR count). The van der Waals surface area contributed by atoms with Gasteiger partial charge in [0.15, 0.2) is 0 Å². The van der Waals surface area contributed by atoms with Gasteiger partial charge in [-0.2, -0.15) is 10.2 Å². The summed E-state index contributed by atoms with van der Waals surface area (Å²) in [6.45, 7) is 3.80. The first kappa shape index (κ1) is 12.0. The molecule has 0 bridgehead atoms. The second kappa shape index (κ2) is 4.82. The molecule has 0 radical (unpaired) electrons. The number of nitrogens with zero attached hydrogens (tertiary/aromatic N) is 2. The van der Waals surface area contributed by atoms with Crippen molar-refractivity contribution in [3.8, 4) is 0 Å². The molecule has 0 aliphatic carbocycles. The Kier molecular flexibility index (Phi) is 3.41. The van der Waals surface area contributed by atoms with Gasteiger partial charge >= 0.3 is 0 Å². The minimum atomic E-state index is -0.266. The molecule has 88 valence electrons. The SMILES string of the molecule is Cc1cc(C(N)c2ccccc2Cl)c(C)nn1. The Balaban J connectivity index is 2.47. The molecule has 1 aromatic heterocycles. The van der Waals surface area contributed by atoms with E-state index in [9.17, 15) is 0 Å². The average Bonchev–Trinajstić information content (AvgIpc) is 2.32. The number of aromatic nitrogens is 2. The minimum absolute atomic E-state index is 0.266. The molecule has 1 unspecified atom stereocenters.